The van der Waals surface area contributed by atoms with Gasteiger partial charge in [0.15, 0.2) is 0 Å². The van der Waals surface area contributed by atoms with Crippen LogP contribution in [-0.2, 0) is 11.3 Å². The number of para-hydroxylation sites is 1. The predicted octanol–water partition coefficient (Wildman–Crippen LogP) is 2.28. The monoisotopic (exact) mass is 334 g/mol. The summed E-state index contributed by atoms with van der Waals surface area (Å²) in [4.78, 5) is 20.1. The molecule has 20 heavy (non-hydrogen) atoms. The van der Waals surface area contributed by atoms with E-state index in [9.17, 15) is 4.79 Å². The summed E-state index contributed by atoms with van der Waals surface area (Å²) in [6.07, 6.45) is 3.41. The minimum Gasteiger partial charge on any atom is -0.324 e. The number of nitrogens with one attached hydrogen (secondary N) is 2. The largest absolute Gasteiger partial charge is 0.324 e. The summed E-state index contributed by atoms with van der Waals surface area (Å²) in [7, 11) is 0. The Hall–Kier alpha value is -1.79. The molecule has 0 radical (unpaired) electrons. The van der Waals surface area contributed by atoms with Crippen LogP contribution in [0.4, 0.5) is 5.69 Å². The number of carbonyl (C=O) groups excluding carboxylic acids is 1. The second-order valence-corrected chi connectivity index (χ2v) is 5.14. The zero-order valence-corrected chi connectivity index (χ0v) is 12.6. The number of benzene rings is 1. The molecule has 0 atom stereocenters. The molecule has 6 heteroatoms. The lowest BCUT2D eigenvalue weighted by Gasteiger charge is -2.08. The lowest BCUT2D eigenvalue weighted by molar-refractivity contribution is -0.115. The number of hydrogen-bond acceptors (Lipinski definition) is 4. The van der Waals surface area contributed by atoms with E-state index in [0.29, 0.717) is 6.54 Å². The summed E-state index contributed by atoms with van der Waals surface area (Å²) < 4.78 is 0.859. The first-order valence-corrected chi connectivity index (χ1v) is 6.97. The van der Waals surface area contributed by atoms with Gasteiger partial charge < -0.3 is 10.6 Å². The highest BCUT2D eigenvalue weighted by molar-refractivity contribution is 9.10. The second kappa shape index (κ2) is 7.12. The third-order valence-corrected chi connectivity index (χ3v) is 3.27. The maximum absolute atomic E-state index is 11.8. The molecule has 1 heterocycles. The van der Waals surface area contributed by atoms with Crippen LogP contribution in [0.15, 0.2) is 41.1 Å². The van der Waals surface area contributed by atoms with Crippen molar-refractivity contribution in [3.63, 3.8) is 0 Å². The van der Waals surface area contributed by atoms with Crippen molar-refractivity contribution in [3.8, 4) is 0 Å². The molecule has 1 amide bonds. The normalized spacial score (nSPS) is 10.3. The van der Waals surface area contributed by atoms with Gasteiger partial charge in [0.25, 0.3) is 0 Å². The number of anilines is 1. The quantitative estimate of drug-likeness (QED) is 0.880. The van der Waals surface area contributed by atoms with Crippen LogP contribution >= 0.6 is 15.9 Å². The molecule has 1 aromatic heterocycles. The van der Waals surface area contributed by atoms with E-state index < -0.39 is 0 Å². The zero-order chi connectivity index (χ0) is 14.4. The molecule has 0 aliphatic carbocycles. The summed E-state index contributed by atoms with van der Waals surface area (Å²) in [5.41, 5.74) is 2.44. The first-order valence-electron chi connectivity index (χ1n) is 6.18. The molecular formula is C14H15BrN4O. The summed E-state index contributed by atoms with van der Waals surface area (Å²) in [5, 5.41) is 5.85. The Morgan fingerprint density at radius 3 is 2.75 bits per heavy atom. The fraction of sp³-hybridized carbons (Fsp3) is 0.214. The minimum absolute atomic E-state index is 0.100. The van der Waals surface area contributed by atoms with Gasteiger partial charge in [0, 0.05) is 23.4 Å². The standard InChI is InChI=1S/C14H15BrN4O/c1-10-6-18-11(8-17-10)7-16-9-14(20)19-13-5-3-2-4-12(13)15/h2-6,8,16H,7,9H2,1H3,(H,19,20). The fourth-order valence-electron chi connectivity index (χ4n) is 1.57. The number of aryl methyl sites for hydroxylation is 1. The average Bonchev–Trinajstić information content (AvgIpc) is 2.44. The molecule has 0 fully saturated rings. The van der Waals surface area contributed by atoms with Crippen molar-refractivity contribution in [2.24, 2.45) is 0 Å². The van der Waals surface area contributed by atoms with Crippen molar-refractivity contribution in [1.29, 1.82) is 0 Å². The second-order valence-electron chi connectivity index (χ2n) is 4.28. The molecule has 2 rings (SSSR count). The summed E-state index contributed by atoms with van der Waals surface area (Å²) in [6, 6.07) is 7.49. The predicted molar refractivity (Wildman–Crippen MR) is 81.2 cm³/mol. The van der Waals surface area contributed by atoms with Crippen LogP contribution in [-0.4, -0.2) is 22.4 Å². The van der Waals surface area contributed by atoms with Crippen LogP contribution in [0, 0.1) is 6.92 Å². The maximum Gasteiger partial charge on any atom is 0.238 e. The van der Waals surface area contributed by atoms with E-state index in [1.807, 2.05) is 31.2 Å². The molecule has 0 saturated carbocycles. The van der Waals surface area contributed by atoms with Gasteiger partial charge >= 0.3 is 0 Å². The topological polar surface area (TPSA) is 66.9 Å². The molecule has 1 aromatic carbocycles. The van der Waals surface area contributed by atoms with E-state index in [1.54, 1.807) is 12.4 Å². The smallest absolute Gasteiger partial charge is 0.238 e. The molecular weight excluding hydrogens is 320 g/mol. The van der Waals surface area contributed by atoms with Crippen LogP contribution < -0.4 is 10.6 Å². The summed E-state index contributed by atoms with van der Waals surface area (Å²) in [5.74, 6) is -0.100. The number of hydrogen-bond donors (Lipinski definition) is 2. The third-order valence-electron chi connectivity index (χ3n) is 2.57. The van der Waals surface area contributed by atoms with E-state index in [2.05, 4.69) is 36.5 Å². The van der Waals surface area contributed by atoms with Crippen LogP contribution in [0.1, 0.15) is 11.4 Å². The minimum atomic E-state index is -0.100. The molecule has 0 aliphatic rings. The molecule has 0 saturated heterocycles. The SMILES string of the molecule is Cc1cnc(CNCC(=O)Nc2ccccc2Br)cn1. The van der Waals surface area contributed by atoms with Crippen molar-refractivity contribution >= 4 is 27.5 Å². The molecule has 0 aliphatic heterocycles. The van der Waals surface area contributed by atoms with E-state index in [1.165, 1.54) is 0 Å². The molecule has 0 spiro atoms. The Labute approximate surface area is 126 Å². The van der Waals surface area contributed by atoms with Crippen LogP contribution in [0.25, 0.3) is 0 Å². The highest BCUT2D eigenvalue weighted by Gasteiger charge is 2.04. The van der Waals surface area contributed by atoms with E-state index >= 15 is 0 Å². The number of halogens is 1. The highest BCUT2D eigenvalue weighted by Crippen LogP contribution is 2.20. The lowest BCUT2D eigenvalue weighted by atomic mass is 10.3. The van der Waals surface area contributed by atoms with Gasteiger partial charge in [-0.05, 0) is 35.0 Å². The zero-order valence-electron chi connectivity index (χ0n) is 11.1. The maximum atomic E-state index is 11.8. The van der Waals surface area contributed by atoms with Crippen LogP contribution in [0.5, 0.6) is 0 Å². The Kier molecular flexibility index (Phi) is 5.20. The van der Waals surface area contributed by atoms with Crippen molar-refractivity contribution in [1.82, 2.24) is 15.3 Å². The van der Waals surface area contributed by atoms with Crippen LogP contribution in [0.3, 0.4) is 0 Å². The van der Waals surface area contributed by atoms with Gasteiger partial charge in [-0.1, -0.05) is 12.1 Å². The van der Waals surface area contributed by atoms with E-state index in [-0.39, 0.29) is 12.5 Å². The first kappa shape index (κ1) is 14.6. The van der Waals surface area contributed by atoms with E-state index in [4.69, 9.17) is 0 Å². The molecule has 104 valence electrons. The third kappa shape index (κ3) is 4.40. The van der Waals surface area contributed by atoms with Gasteiger partial charge in [-0.25, -0.2) is 0 Å². The van der Waals surface area contributed by atoms with Gasteiger partial charge in [-0.15, -0.1) is 0 Å². The van der Waals surface area contributed by atoms with Gasteiger partial charge in [0.2, 0.25) is 5.91 Å². The molecule has 2 N–H and O–H groups in total. The van der Waals surface area contributed by atoms with Crippen molar-refractivity contribution in [2.75, 3.05) is 11.9 Å². The Balaban J connectivity index is 1.78. The van der Waals surface area contributed by atoms with Gasteiger partial charge in [-0.3, -0.25) is 14.8 Å². The Bertz CT molecular complexity index is 586. The highest BCUT2D eigenvalue weighted by atomic mass is 79.9. The lowest BCUT2D eigenvalue weighted by Crippen LogP contribution is -2.28. The van der Waals surface area contributed by atoms with Crippen molar-refractivity contribution in [3.05, 3.63) is 52.5 Å². The van der Waals surface area contributed by atoms with E-state index in [0.717, 1.165) is 21.5 Å². The molecule has 5 nitrogen and oxygen atoms in total. The number of nitrogens with zero attached hydrogens (tertiary/aromatic N) is 2. The van der Waals surface area contributed by atoms with Gasteiger partial charge in [-0.2, -0.15) is 0 Å². The van der Waals surface area contributed by atoms with Crippen molar-refractivity contribution in [2.45, 2.75) is 13.5 Å². The van der Waals surface area contributed by atoms with Gasteiger partial charge in [0.1, 0.15) is 0 Å². The molecule has 0 bridgehead atoms. The Morgan fingerprint density at radius 1 is 1.25 bits per heavy atom. The average molecular weight is 335 g/mol. The number of amides is 1. The van der Waals surface area contributed by atoms with Crippen molar-refractivity contribution < 1.29 is 4.79 Å². The first-order chi connectivity index (χ1) is 9.65. The number of rotatable bonds is 5. The summed E-state index contributed by atoms with van der Waals surface area (Å²) >= 11 is 3.38. The number of aromatic nitrogens is 2. The summed E-state index contributed by atoms with van der Waals surface area (Å²) in [6.45, 7) is 2.61. The molecule has 0 unspecified atom stereocenters. The van der Waals surface area contributed by atoms with Crippen LogP contribution in [0.2, 0.25) is 0 Å². The Morgan fingerprint density at radius 2 is 2.05 bits per heavy atom. The number of carbonyl (C=O) groups is 1. The fourth-order valence-corrected chi connectivity index (χ4v) is 1.96. The van der Waals surface area contributed by atoms with Gasteiger partial charge in [0.05, 0.1) is 23.6 Å². The molecule has 2 aromatic rings.